The molecular weight excluding hydrogens is 451 g/mol. The van der Waals surface area contributed by atoms with Crippen LogP contribution in [-0.4, -0.2) is 39.5 Å². The number of carbonyl (C=O) groups is 1. The van der Waals surface area contributed by atoms with Gasteiger partial charge in [-0.2, -0.15) is 26.3 Å². The average molecular weight is 467 g/mol. The standard InChI is InChI=1S/C17H16F3NO7S2/c1-11(12-7-9-13(10-8-12)28-30(26,27)17(18,19)20)15(16(22)23)21-29(24,25)14-5-3-2-4-6-14/h2-11,15,21H,1H3,(H,22,23). The van der Waals surface area contributed by atoms with Crippen molar-refractivity contribution in [1.82, 2.24) is 4.72 Å². The van der Waals surface area contributed by atoms with Gasteiger partial charge >= 0.3 is 21.6 Å². The lowest BCUT2D eigenvalue weighted by molar-refractivity contribution is -0.139. The van der Waals surface area contributed by atoms with Crippen molar-refractivity contribution in [1.29, 1.82) is 0 Å². The van der Waals surface area contributed by atoms with Crippen molar-refractivity contribution < 1.29 is 44.1 Å². The number of sulfonamides is 1. The van der Waals surface area contributed by atoms with Crippen molar-refractivity contribution in [3.8, 4) is 5.75 Å². The molecule has 0 heterocycles. The molecule has 0 aliphatic carbocycles. The zero-order valence-corrected chi connectivity index (χ0v) is 16.8. The van der Waals surface area contributed by atoms with Gasteiger partial charge in [0.25, 0.3) is 0 Å². The smallest absolute Gasteiger partial charge is 0.480 e. The molecule has 30 heavy (non-hydrogen) atoms. The molecule has 2 aromatic rings. The van der Waals surface area contributed by atoms with Gasteiger partial charge < -0.3 is 9.29 Å². The highest BCUT2D eigenvalue weighted by atomic mass is 32.2. The van der Waals surface area contributed by atoms with E-state index in [0.29, 0.717) is 0 Å². The number of hydrogen-bond acceptors (Lipinski definition) is 6. The lowest BCUT2D eigenvalue weighted by Crippen LogP contribution is -2.44. The molecule has 0 aliphatic rings. The second kappa shape index (κ2) is 8.62. The van der Waals surface area contributed by atoms with Gasteiger partial charge in [0.1, 0.15) is 11.8 Å². The van der Waals surface area contributed by atoms with Crippen LogP contribution in [0, 0.1) is 0 Å². The first kappa shape index (κ1) is 23.6. The third-order valence-electron chi connectivity index (χ3n) is 4.00. The molecule has 2 unspecified atom stereocenters. The molecule has 0 saturated heterocycles. The fourth-order valence-corrected chi connectivity index (χ4v) is 4.14. The van der Waals surface area contributed by atoms with E-state index in [2.05, 4.69) is 8.91 Å². The molecule has 0 spiro atoms. The molecule has 0 fully saturated rings. The van der Waals surface area contributed by atoms with Gasteiger partial charge in [0.15, 0.2) is 0 Å². The summed E-state index contributed by atoms with van der Waals surface area (Å²) in [6.07, 6.45) is 0. The quantitative estimate of drug-likeness (QED) is 0.451. The predicted molar refractivity (Wildman–Crippen MR) is 98.6 cm³/mol. The van der Waals surface area contributed by atoms with Crippen LogP contribution in [0.5, 0.6) is 5.75 Å². The lowest BCUT2D eigenvalue weighted by Gasteiger charge is -2.22. The Morgan fingerprint density at radius 3 is 2.00 bits per heavy atom. The van der Waals surface area contributed by atoms with Crippen molar-refractivity contribution in [2.45, 2.75) is 29.3 Å². The zero-order chi connectivity index (χ0) is 22.7. The second-order valence-electron chi connectivity index (χ2n) is 6.09. The van der Waals surface area contributed by atoms with E-state index in [4.69, 9.17) is 0 Å². The van der Waals surface area contributed by atoms with Gasteiger partial charge in [-0.3, -0.25) is 4.79 Å². The first-order valence-corrected chi connectivity index (χ1v) is 11.0. The maximum absolute atomic E-state index is 12.4. The monoisotopic (exact) mass is 467 g/mol. The molecule has 0 aromatic heterocycles. The SMILES string of the molecule is CC(c1ccc(OS(=O)(=O)C(F)(F)F)cc1)C(NS(=O)(=O)c1ccccc1)C(=O)O. The van der Waals surface area contributed by atoms with Crippen LogP contribution in [0.15, 0.2) is 59.5 Å². The van der Waals surface area contributed by atoms with E-state index in [0.717, 1.165) is 24.3 Å². The fourth-order valence-electron chi connectivity index (χ4n) is 2.39. The third kappa shape index (κ3) is 5.49. The van der Waals surface area contributed by atoms with E-state index in [9.17, 15) is 39.9 Å². The van der Waals surface area contributed by atoms with Crippen molar-refractivity contribution >= 4 is 26.1 Å². The highest BCUT2D eigenvalue weighted by molar-refractivity contribution is 7.89. The first-order valence-electron chi connectivity index (χ1n) is 8.15. The Bertz CT molecular complexity index is 1100. The Labute approximate surface area is 170 Å². The summed E-state index contributed by atoms with van der Waals surface area (Å²) in [4.78, 5) is 11.5. The molecule has 2 N–H and O–H groups in total. The molecule has 2 rings (SSSR count). The summed E-state index contributed by atoms with van der Waals surface area (Å²) in [5.41, 5.74) is -5.39. The number of rotatable bonds is 8. The molecule has 2 aromatic carbocycles. The highest BCUT2D eigenvalue weighted by Crippen LogP contribution is 2.29. The van der Waals surface area contributed by atoms with Crippen LogP contribution in [0.4, 0.5) is 13.2 Å². The minimum Gasteiger partial charge on any atom is -0.480 e. The molecular formula is C17H16F3NO7S2. The van der Waals surface area contributed by atoms with E-state index in [1.54, 1.807) is 6.07 Å². The zero-order valence-electron chi connectivity index (χ0n) is 15.2. The van der Waals surface area contributed by atoms with E-state index in [1.807, 2.05) is 0 Å². The molecule has 164 valence electrons. The Balaban J connectivity index is 2.24. The van der Waals surface area contributed by atoms with Crippen LogP contribution in [-0.2, 0) is 24.9 Å². The van der Waals surface area contributed by atoms with Gasteiger partial charge in [0, 0.05) is 5.92 Å². The predicted octanol–water partition coefficient (Wildman–Crippen LogP) is 2.45. The average Bonchev–Trinajstić information content (AvgIpc) is 2.65. The fraction of sp³-hybridized carbons (Fsp3) is 0.235. The van der Waals surface area contributed by atoms with Gasteiger partial charge in [-0.1, -0.05) is 37.3 Å². The largest absolute Gasteiger partial charge is 0.534 e. The minimum atomic E-state index is -5.85. The molecule has 2 atom stereocenters. The number of carboxylic acid groups (broad SMARTS) is 1. The number of alkyl halides is 3. The van der Waals surface area contributed by atoms with Crippen LogP contribution in [0.25, 0.3) is 0 Å². The van der Waals surface area contributed by atoms with Crippen molar-refractivity contribution in [2.24, 2.45) is 0 Å². The molecule has 8 nitrogen and oxygen atoms in total. The Kier molecular flexibility index (Phi) is 6.79. The normalized spacial score (nSPS) is 14.7. The van der Waals surface area contributed by atoms with Crippen LogP contribution in [0.3, 0.4) is 0 Å². The van der Waals surface area contributed by atoms with Crippen molar-refractivity contribution in [3.05, 3.63) is 60.2 Å². The Morgan fingerprint density at radius 1 is 1.00 bits per heavy atom. The topological polar surface area (TPSA) is 127 Å². The van der Waals surface area contributed by atoms with Gasteiger partial charge in [-0.05, 0) is 29.8 Å². The van der Waals surface area contributed by atoms with Crippen LogP contribution in [0.1, 0.15) is 18.4 Å². The number of nitrogens with one attached hydrogen (secondary N) is 1. The Morgan fingerprint density at radius 2 is 1.53 bits per heavy atom. The van der Waals surface area contributed by atoms with Gasteiger partial charge in [0.05, 0.1) is 4.90 Å². The summed E-state index contributed by atoms with van der Waals surface area (Å²) in [7, 11) is -10.0. The van der Waals surface area contributed by atoms with Gasteiger partial charge in [0.2, 0.25) is 10.0 Å². The van der Waals surface area contributed by atoms with Gasteiger partial charge in [-0.15, -0.1) is 0 Å². The maximum atomic E-state index is 12.4. The molecule has 13 heteroatoms. The summed E-state index contributed by atoms with van der Waals surface area (Å²) < 4.78 is 90.1. The number of benzene rings is 2. The third-order valence-corrected chi connectivity index (χ3v) is 6.43. The van der Waals surface area contributed by atoms with Crippen LogP contribution in [0.2, 0.25) is 0 Å². The summed E-state index contributed by atoms with van der Waals surface area (Å²) in [5.74, 6) is -3.09. The summed E-state index contributed by atoms with van der Waals surface area (Å²) in [6.45, 7) is 1.38. The van der Waals surface area contributed by atoms with E-state index >= 15 is 0 Å². The van der Waals surface area contributed by atoms with Gasteiger partial charge in [-0.25, -0.2) is 8.42 Å². The molecule has 0 radical (unpaired) electrons. The number of halogens is 3. The first-order chi connectivity index (χ1) is 13.7. The molecule has 0 aliphatic heterocycles. The summed E-state index contributed by atoms with van der Waals surface area (Å²) >= 11 is 0. The molecule has 0 bridgehead atoms. The lowest BCUT2D eigenvalue weighted by atomic mass is 9.94. The van der Waals surface area contributed by atoms with E-state index < -0.39 is 49.3 Å². The van der Waals surface area contributed by atoms with Crippen molar-refractivity contribution in [2.75, 3.05) is 0 Å². The second-order valence-corrected chi connectivity index (χ2v) is 9.34. The number of aliphatic carboxylic acids is 1. The molecule has 0 saturated carbocycles. The van der Waals surface area contributed by atoms with Crippen LogP contribution >= 0.6 is 0 Å². The number of carboxylic acids is 1. The van der Waals surface area contributed by atoms with E-state index in [1.165, 1.54) is 31.2 Å². The highest BCUT2D eigenvalue weighted by Gasteiger charge is 2.48. The summed E-state index contributed by atoms with van der Waals surface area (Å²) in [5, 5.41) is 9.46. The molecule has 0 amide bonds. The van der Waals surface area contributed by atoms with Crippen molar-refractivity contribution in [3.63, 3.8) is 0 Å². The van der Waals surface area contributed by atoms with E-state index in [-0.39, 0.29) is 10.5 Å². The Hall–Kier alpha value is -2.64. The summed E-state index contributed by atoms with van der Waals surface area (Å²) in [6, 6.07) is 9.53. The number of hydrogen-bond donors (Lipinski definition) is 2. The van der Waals surface area contributed by atoms with Crippen LogP contribution < -0.4 is 8.91 Å². The minimum absolute atomic E-state index is 0.149. The maximum Gasteiger partial charge on any atom is 0.534 e.